The summed E-state index contributed by atoms with van der Waals surface area (Å²) in [5, 5.41) is 7.39. The third-order valence-electron chi connectivity index (χ3n) is 2.95. The van der Waals surface area contributed by atoms with Gasteiger partial charge in [0, 0.05) is 18.3 Å². The molecule has 0 aliphatic heterocycles. The summed E-state index contributed by atoms with van der Waals surface area (Å²) in [5.41, 5.74) is 6.96. The summed E-state index contributed by atoms with van der Waals surface area (Å²) in [4.78, 5) is 10.3. The highest BCUT2D eigenvalue weighted by Gasteiger charge is 2.11. The first-order valence-corrected chi connectivity index (χ1v) is 6.20. The van der Waals surface area contributed by atoms with Gasteiger partial charge < -0.3 is 20.1 Å². The number of nitrogens with one attached hydrogen (secondary N) is 1. The van der Waals surface area contributed by atoms with Gasteiger partial charge in [-0.1, -0.05) is 0 Å². The van der Waals surface area contributed by atoms with E-state index in [9.17, 15) is 0 Å². The molecule has 0 unspecified atom stereocenters. The number of amidine groups is 1. The first kappa shape index (κ1) is 14.6. The van der Waals surface area contributed by atoms with Crippen LogP contribution in [0.25, 0.3) is 0 Å². The lowest BCUT2D eigenvalue weighted by Gasteiger charge is -2.18. The van der Waals surface area contributed by atoms with Gasteiger partial charge in [-0.3, -0.25) is 5.41 Å². The van der Waals surface area contributed by atoms with Crippen molar-refractivity contribution in [3.8, 4) is 11.8 Å². The van der Waals surface area contributed by atoms with Crippen molar-refractivity contribution in [1.82, 2.24) is 9.97 Å². The van der Waals surface area contributed by atoms with Gasteiger partial charge in [-0.15, -0.1) is 0 Å². The zero-order valence-corrected chi connectivity index (χ0v) is 12.1. The predicted molar refractivity (Wildman–Crippen MR) is 80.7 cm³/mol. The van der Waals surface area contributed by atoms with Crippen LogP contribution in [0.4, 0.5) is 11.6 Å². The number of anilines is 2. The van der Waals surface area contributed by atoms with Crippen molar-refractivity contribution >= 4 is 17.5 Å². The van der Waals surface area contributed by atoms with Gasteiger partial charge in [0.1, 0.15) is 5.84 Å². The Morgan fingerprint density at radius 1 is 1.10 bits per heavy atom. The number of nitrogens with two attached hydrogens (primary N) is 1. The highest BCUT2D eigenvalue weighted by Crippen LogP contribution is 2.25. The summed E-state index contributed by atoms with van der Waals surface area (Å²) >= 11 is 0. The van der Waals surface area contributed by atoms with Crippen molar-refractivity contribution < 1.29 is 9.47 Å². The Bertz CT molecular complexity index is 620. The molecule has 0 aliphatic rings. The molecule has 1 heterocycles. The number of benzene rings is 1. The van der Waals surface area contributed by atoms with E-state index in [2.05, 4.69) is 9.97 Å². The van der Waals surface area contributed by atoms with Crippen LogP contribution in [-0.2, 0) is 0 Å². The number of aromatic nitrogens is 2. The molecule has 0 amide bonds. The first-order chi connectivity index (χ1) is 10.0. The lowest BCUT2D eigenvalue weighted by atomic mass is 10.2. The highest BCUT2D eigenvalue weighted by atomic mass is 16.5. The first-order valence-electron chi connectivity index (χ1n) is 6.20. The molecule has 21 heavy (non-hydrogen) atoms. The number of ether oxygens (including phenoxy) is 2. The normalized spacial score (nSPS) is 10.0. The number of nitrogen functional groups attached to an aromatic ring is 1. The van der Waals surface area contributed by atoms with Crippen LogP contribution in [0.2, 0.25) is 0 Å². The molecular weight excluding hydrogens is 270 g/mol. The fourth-order valence-electron chi connectivity index (χ4n) is 1.73. The van der Waals surface area contributed by atoms with E-state index in [4.69, 9.17) is 20.6 Å². The quantitative estimate of drug-likeness (QED) is 0.639. The van der Waals surface area contributed by atoms with Crippen LogP contribution in [0.3, 0.4) is 0 Å². The highest BCUT2D eigenvalue weighted by molar-refractivity contribution is 5.95. The van der Waals surface area contributed by atoms with Crippen molar-refractivity contribution in [2.45, 2.75) is 0 Å². The summed E-state index contributed by atoms with van der Waals surface area (Å²) < 4.78 is 10.3. The van der Waals surface area contributed by atoms with Crippen molar-refractivity contribution in [3.63, 3.8) is 0 Å². The molecule has 0 atom stereocenters. The van der Waals surface area contributed by atoms with E-state index < -0.39 is 0 Å². The maximum Gasteiger partial charge on any atom is 0.236 e. The third-order valence-corrected chi connectivity index (χ3v) is 2.95. The predicted octanol–water partition coefficient (Wildman–Crippen LogP) is 1.55. The molecule has 110 valence electrons. The average Bonchev–Trinajstić information content (AvgIpc) is 2.53. The molecule has 1 aromatic carbocycles. The molecule has 0 aliphatic carbocycles. The molecule has 0 spiro atoms. The van der Waals surface area contributed by atoms with Gasteiger partial charge in [0.2, 0.25) is 17.7 Å². The van der Waals surface area contributed by atoms with Crippen molar-refractivity contribution in [3.05, 3.63) is 35.9 Å². The maximum absolute atomic E-state index is 7.39. The van der Waals surface area contributed by atoms with Crippen LogP contribution >= 0.6 is 0 Å². The number of hydrogen-bond donors (Lipinski definition) is 2. The fourth-order valence-corrected chi connectivity index (χ4v) is 1.73. The zero-order valence-electron chi connectivity index (χ0n) is 12.1. The second-order valence-corrected chi connectivity index (χ2v) is 4.27. The van der Waals surface area contributed by atoms with E-state index in [1.165, 1.54) is 14.2 Å². The minimum atomic E-state index is 0.0310. The van der Waals surface area contributed by atoms with Crippen LogP contribution < -0.4 is 20.1 Å². The number of rotatable bonds is 5. The maximum atomic E-state index is 7.39. The summed E-state index contributed by atoms with van der Waals surface area (Å²) in [6.07, 6.45) is 0. The van der Waals surface area contributed by atoms with Gasteiger partial charge in [0.15, 0.2) is 0 Å². The topological polar surface area (TPSA) is 97.4 Å². The Morgan fingerprint density at radius 3 is 2.05 bits per heavy atom. The molecule has 2 rings (SSSR count). The molecule has 7 heteroatoms. The summed E-state index contributed by atoms with van der Waals surface area (Å²) in [7, 11) is 4.90. The van der Waals surface area contributed by atoms with Gasteiger partial charge in [-0.2, -0.15) is 9.97 Å². The zero-order chi connectivity index (χ0) is 15.4. The molecule has 2 aromatic rings. The minimum absolute atomic E-state index is 0.0310. The second-order valence-electron chi connectivity index (χ2n) is 4.27. The SMILES string of the molecule is COc1cc(OC)nc(N(C)c2ccc(C(=N)N)cc2)n1. The largest absolute Gasteiger partial charge is 0.481 e. The molecule has 3 N–H and O–H groups in total. The van der Waals surface area contributed by atoms with E-state index in [-0.39, 0.29) is 5.84 Å². The van der Waals surface area contributed by atoms with E-state index >= 15 is 0 Å². The van der Waals surface area contributed by atoms with Gasteiger partial charge in [0.25, 0.3) is 0 Å². The summed E-state index contributed by atoms with van der Waals surface area (Å²) in [6.45, 7) is 0. The van der Waals surface area contributed by atoms with Crippen LogP contribution in [0.1, 0.15) is 5.56 Å². The average molecular weight is 287 g/mol. The van der Waals surface area contributed by atoms with Gasteiger partial charge in [0.05, 0.1) is 20.3 Å². The lowest BCUT2D eigenvalue weighted by Crippen LogP contribution is -2.15. The second kappa shape index (κ2) is 6.08. The standard InChI is InChI=1S/C14H17N5O2/c1-19(10-6-4-9(5-7-10)13(15)16)14-17-11(20-2)8-12(18-14)21-3/h4-8H,1-3H3,(H3,15,16). The number of methoxy groups -OCH3 is 2. The van der Waals surface area contributed by atoms with E-state index in [0.29, 0.717) is 23.3 Å². The Hall–Kier alpha value is -2.83. The van der Waals surface area contributed by atoms with Crippen LogP contribution in [0, 0.1) is 5.41 Å². The number of hydrogen-bond acceptors (Lipinski definition) is 6. The summed E-state index contributed by atoms with van der Waals surface area (Å²) in [6, 6.07) is 8.82. The Kier molecular flexibility index (Phi) is 4.22. The third kappa shape index (κ3) is 3.19. The Labute approximate surface area is 122 Å². The van der Waals surface area contributed by atoms with Crippen molar-refractivity contribution in [2.75, 3.05) is 26.2 Å². The van der Waals surface area contributed by atoms with E-state index in [1.807, 2.05) is 19.2 Å². The lowest BCUT2D eigenvalue weighted by molar-refractivity contribution is 0.372. The minimum Gasteiger partial charge on any atom is -0.481 e. The van der Waals surface area contributed by atoms with Crippen LogP contribution in [-0.4, -0.2) is 37.1 Å². The molecule has 1 aromatic heterocycles. The monoisotopic (exact) mass is 287 g/mol. The molecule has 0 fully saturated rings. The van der Waals surface area contributed by atoms with Gasteiger partial charge in [-0.25, -0.2) is 0 Å². The van der Waals surface area contributed by atoms with E-state index in [1.54, 1.807) is 23.1 Å². The van der Waals surface area contributed by atoms with Crippen molar-refractivity contribution in [2.24, 2.45) is 5.73 Å². The molecule has 0 bridgehead atoms. The summed E-state index contributed by atoms with van der Waals surface area (Å²) in [5.74, 6) is 1.32. The molecule has 7 nitrogen and oxygen atoms in total. The van der Waals surface area contributed by atoms with Crippen molar-refractivity contribution in [1.29, 1.82) is 5.41 Å². The fraction of sp³-hybridized carbons (Fsp3) is 0.214. The van der Waals surface area contributed by atoms with E-state index in [0.717, 1.165) is 5.69 Å². The Balaban J connectivity index is 2.34. The number of nitrogens with zero attached hydrogens (tertiary/aromatic N) is 3. The van der Waals surface area contributed by atoms with Gasteiger partial charge in [-0.05, 0) is 24.3 Å². The smallest absolute Gasteiger partial charge is 0.236 e. The van der Waals surface area contributed by atoms with Crippen LogP contribution in [0.15, 0.2) is 30.3 Å². The molecule has 0 saturated heterocycles. The van der Waals surface area contributed by atoms with Crippen LogP contribution in [0.5, 0.6) is 11.8 Å². The molecular formula is C14H17N5O2. The molecule has 0 radical (unpaired) electrons. The Morgan fingerprint density at radius 2 is 1.62 bits per heavy atom. The molecule has 0 saturated carbocycles. The van der Waals surface area contributed by atoms with Gasteiger partial charge >= 0.3 is 0 Å².